The summed E-state index contributed by atoms with van der Waals surface area (Å²) >= 11 is 0. The van der Waals surface area contributed by atoms with Crippen LogP contribution in [0.15, 0.2) is 18.3 Å². The molecule has 0 aliphatic carbocycles. The molecule has 2 aromatic rings. The monoisotopic (exact) mass is 388 g/mol. The van der Waals surface area contributed by atoms with E-state index in [0.29, 0.717) is 66.1 Å². The Kier molecular flexibility index (Phi) is 5.72. The number of carboxylic acids is 1. The summed E-state index contributed by atoms with van der Waals surface area (Å²) in [5.41, 5.74) is 7.32. The number of aliphatic carboxylic acids is 1. The van der Waals surface area contributed by atoms with Crippen molar-refractivity contribution in [1.29, 1.82) is 0 Å². The number of anilines is 2. The third-order valence-corrected chi connectivity index (χ3v) is 4.91. The maximum Gasteiger partial charge on any atom is 0.306 e. The fourth-order valence-corrected chi connectivity index (χ4v) is 3.39. The molecule has 9 heteroatoms. The number of carboxylic acid groups (broad SMARTS) is 1. The van der Waals surface area contributed by atoms with E-state index < -0.39 is 5.97 Å². The SMILES string of the molecule is COc1ccc(-c2cnc(N)c(N3CCC(C(=O)O)CC3)n2)c(OC)c1OC. The first-order valence-corrected chi connectivity index (χ1v) is 8.89. The van der Waals surface area contributed by atoms with Gasteiger partial charge in [-0.2, -0.15) is 0 Å². The van der Waals surface area contributed by atoms with Gasteiger partial charge < -0.3 is 30.0 Å². The predicted molar refractivity (Wildman–Crippen MR) is 104 cm³/mol. The maximum absolute atomic E-state index is 11.2. The zero-order valence-corrected chi connectivity index (χ0v) is 16.1. The van der Waals surface area contributed by atoms with Gasteiger partial charge in [0, 0.05) is 18.7 Å². The number of hydrogen-bond acceptors (Lipinski definition) is 8. The van der Waals surface area contributed by atoms with E-state index in [2.05, 4.69) is 4.98 Å². The molecule has 3 N–H and O–H groups in total. The predicted octanol–water partition coefficient (Wildman–Crippen LogP) is 2.05. The number of rotatable bonds is 6. The van der Waals surface area contributed by atoms with Gasteiger partial charge in [-0.1, -0.05) is 0 Å². The molecule has 1 aliphatic rings. The average molecular weight is 388 g/mol. The molecule has 150 valence electrons. The summed E-state index contributed by atoms with van der Waals surface area (Å²) in [6, 6.07) is 3.59. The van der Waals surface area contributed by atoms with Crippen molar-refractivity contribution >= 4 is 17.6 Å². The number of ether oxygens (including phenoxy) is 3. The number of nitrogens with zero attached hydrogens (tertiary/aromatic N) is 3. The first-order chi connectivity index (χ1) is 13.5. The van der Waals surface area contributed by atoms with Gasteiger partial charge in [-0.15, -0.1) is 0 Å². The molecule has 0 atom stereocenters. The summed E-state index contributed by atoms with van der Waals surface area (Å²) in [7, 11) is 4.64. The van der Waals surface area contributed by atoms with Gasteiger partial charge in [0.2, 0.25) is 5.75 Å². The summed E-state index contributed by atoms with van der Waals surface area (Å²) < 4.78 is 16.3. The molecule has 0 amide bonds. The molecule has 1 aliphatic heterocycles. The van der Waals surface area contributed by atoms with E-state index in [1.807, 2.05) is 11.0 Å². The van der Waals surface area contributed by atoms with Gasteiger partial charge in [-0.3, -0.25) is 4.79 Å². The van der Waals surface area contributed by atoms with Gasteiger partial charge in [0.15, 0.2) is 23.1 Å². The Morgan fingerprint density at radius 2 is 1.82 bits per heavy atom. The summed E-state index contributed by atoms with van der Waals surface area (Å²) in [4.78, 5) is 22.1. The maximum atomic E-state index is 11.2. The number of carbonyl (C=O) groups is 1. The lowest BCUT2D eigenvalue weighted by Crippen LogP contribution is -2.37. The minimum Gasteiger partial charge on any atom is -0.493 e. The highest BCUT2D eigenvalue weighted by Crippen LogP contribution is 2.44. The lowest BCUT2D eigenvalue weighted by atomic mass is 9.97. The van der Waals surface area contributed by atoms with Crippen LogP contribution >= 0.6 is 0 Å². The molecule has 28 heavy (non-hydrogen) atoms. The third-order valence-electron chi connectivity index (χ3n) is 4.91. The largest absolute Gasteiger partial charge is 0.493 e. The van der Waals surface area contributed by atoms with E-state index in [1.165, 1.54) is 7.11 Å². The average Bonchev–Trinajstić information content (AvgIpc) is 2.73. The molecule has 0 bridgehead atoms. The fraction of sp³-hybridized carbons (Fsp3) is 0.421. The van der Waals surface area contributed by atoms with Crippen LogP contribution in [0.5, 0.6) is 17.2 Å². The van der Waals surface area contributed by atoms with Crippen molar-refractivity contribution in [2.75, 3.05) is 45.1 Å². The second-order valence-corrected chi connectivity index (χ2v) is 6.45. The topological polar surface area (TPSA) is 120 Å². The lowest BCUT2D eigenvalue weighted by molar-refractivity contribution is -0.142. The molecular weight excluding hydrogens is 364 g/mol. The highest BCUT2D eigenvalue weighted by atomic mass is 16.5. The van der Waals surface area contributed by atoms with Crippen LogP contribution in [0, 0.1) is 5.92 Å². The summed E-state index contributed by atoms with van der Waals surface area (Å²) in [6.07, 6.45) is 2.66. The van der Waals surface area contributed by atoms with Crippen LogP contribution in [-0.2, 0) is 4.79 Å². The van der Waals surface area contributed by atoms with Crippen molar-refractivity contribution in [2.24, 2.45) is 5.92 Å². The van der Waals surface area contributed by atoms with Crippen molar-refractivity contribution < 1.29 is 24.1 Å². The molecule has 3 rings (SSSR count). The molecule has 9 nitrogen and oxygen atoms in total. The zero-order chi connectivity index (χ0) is 20.3. The van der Waals surface area contributed by atoms with Crippen molar-refractivity contribution in [3.8, 4) is 28.5 Å². The molecular formula is C19H24N4O5. The quantitative estimate of drug-likeness (QED) is 0.766. The molecule has 0 radical (unpaired) electrons. The van der Waals surface area contributed by atoms with Crippen LogP contribution in [0.25, 0.3) is 11.3 Å². The van der Waals surface area contributed by atoms with Gasteiger partial charge in [0.05, 0.1) is 39.1 Å². The van der Waals surface area contributed by atoms with Crippen LogP contribution in [0.3, 0.4) is 0 Å². The van der Waals surface area contributed by atoms with E-state index in [0.717, 1.165) is 0 Å². The number of benzene rings is 1. The Bertz CT molecular complexity index is 866. The fourth-order valence-electron chi connectivity index (χ4n) is 3.39. The van der Waals surface area contributed by atoms with Crippen LogP contribution < -0.4 is 24.8 Å². The number of nitrogen functional groups attached to an aromatic ring is 1. The Labute approximate surface area is 163 Å². The third kappa shape index (κ3) is 3.60. The Morgan fingerprint density at radius 1 is 1.14 bits per heavy atom. The van der Waals surface area contributed by atoms with Crippen LogP contribution in [0.2, 0.25) is 0 Å². The highest BCUT2D eigenvalue weighted by Gasteiger charge is 2.27. The van der Waals surface area contributed by atoms with E-state index in [1.54, 1.807) is 26.5 Å². The van der Waals surface area contributed by atoms with Crippen molar-refractivity contribution in [1.82, 2.24) is 9.97 Å². The second kappa shape index (κ2) is 8.20. The lowest BCUT2D eigenvalue weighted by Gasteiger charge is -2.31. The summed E-state index contributed by atoms with van der Waals surface area (Å²) in [5.74, 6) is 1.24. The number of nitrogens with two attached hydrogens (primary N) is 1. The smallest absolute Gasteiger partial charge is 0.306 e. The Hall–Kier alpha value is -3.23. The van der Waals surface area contributed by atoms with Gasteiger partial charge in [0.1, 0.15) is 0 Å². The Balaban J connectivity index is 1.97. The minimum absolute atomic E-state index is 0.303. The first kappa shape index (κ1) is 19.5. The number of aromatic nitrogens is 2. The molecule has 0 unspecified atom stereocenters. The van der Waals surface area contributed by atoms with Gasteiger partial charge in [0.25, 0.3) is 0 Å². The minimum atomic E-state index is -0.762. The number of methoxy groups -OCH3 is 3. The van der Waals surface area contributed by atoms with Gasteiger partial charge in [-0.25, -0.2) is 9.97 Å². The summed E-state index contributed by atoms with van der Waals surface area (Å²) in [5, 5.41) is 9.19. The molecule has 1 fully saturated rings. The standard InChI is InChI=1S/C19H24N4O5/c1-26-14-5-4-12(15(27-2)16(14)28-3)13-10-21-17(20)18(22-13)23-8-6-11(7-9-23)19(24)25/h4-5,10-11H,6-9H2,1-3H3,(H2,20,21)(H,24,25). The van der Waals surface area contributed by atoms with Gasteiger partial charge in [-0.05, 0) is 25.0 Å². The molecule has 1 aromatic heterocycles. The van der Waals surface area contributed by atoms with Crippen molar-refractivity contribution in [3.05, 3.63) is 18.3 Å². The first-order valence-electron chi connectivity index (χ1n) is 8.89. The number of piperidine rings is 1. The van der Waals surface area contributed by atoms with Gasteiger partial charge >= 0.3 is 5.97 Å². The highest BCUT2D eigenvalue weighted by molar-refractivity contribution is 5.76. The zero-order valence-electron chi connectivity index (χ0n) is 16.1. The number of hydrogen-bond donors (Lipinski definition) is 2. The normalized spacial score (nSPS) is 14.6. The second-order valence-electron chi connectivity index (χ2n) is 6.45. The van der Waals surface area contributed by atoms with Crippen LogP contribution in [0.1, 0.15) is 12.8 Å². The van der Waals surface area contributed by atoms with E-state index in [9.17, 15) is 9.90 Å². The molecule has 0 saturated carbocycles. The molecule has 0 spiro atoms. The van der Waals surface area contributed by atoms with E-state index in [4.69, 9.17) is 24.9 Å². The van der Waals surface area contributed by atoms with Crippen LogP contribution in [-0.4, -0.2) is 55.5 Å². The molecule has 1 aromatic carbocycles. The molecule has 1 saturated heterocycles. The van der Waals surface area contributed by atoms with Crippen molar-refractivity contribution in [3.63, 3.8) is 0 Å². The van der Waals surface area contributed by atoms with Crippen LogP contribution in [0.4, 0.5) is 11.6 Å². The van der Waals surface area contributed by atoms with Crippen molar-refractivity contribution in [2.45, 2.75) is 12.8 Å². The van der Waals surface area contributed by atoms with E-state index >= 15 is 0 Å². The van der Waals surface area contributed by atoms with E-state index in [-0.39, 0.29) is 5.92 Å². The Morgan fingerprint density at radius 3 is 2.39 bits per heavy atom. The summed E-state index contributed by atoms with van der Waals surface area (Å²) in [6.45, 7) is 1.12. The molecule has 2 heterocycles.